The topological polar surface area (TPSA) is 35.8 Å². The number of hydrogen-bond donors (Lipinski definition) is 1. The van der Waals surface area contributed by atoms with E-state index in [0.29, 0.717) is 0 Å². The van der Waals surface area contributed by atoms with E-state index in [4.69, 9.17) is 5.10 Å². The summed E-state index contributed by atoms with van der Waals surface area (Å²) in [5.41, 5.74) is 10.4. The highest BCUT2D eigenvalue weighted by molar-refractivity contribution is 5.98. The fourth-order valence-electron chi connectivity index (χ4n) is 4.85. The van der Waals surface area contributed by atoms with E-state index in [1.165, 1.54) is 66.2 Å². The van der Waals surface area contributed by atoms with Crippen molar-refractivity contribution < 1.29 is 0 Å². The number of aromatic nitrogens is 1. The van der Waals surface area contributed by atoms with Gasteiger partial charge < -0.3 is 14.8 Å². The molecule has 0 saturated carbocycles. The Labute approximate surface area is 217 Å². The molecule has 0 radical (unpaired) electrons. The summed E-state index contributed by atoms with van der Waals surface area (Å²) in [6, 6.07) is 17.3. The summed E-state index contributed by atoms with van der Waals surface area (Å²) in [5, 5.41) is 9.94. The first-order valence-electron chi connectivity index (χ1n) is 13.3. The van der Waals surface area contributed by atoms with Crippen molar-refractivity contribution in [2.45, 2.75) is 53.9 Å². The molecule has 3 aromatic rings. The van der Waals surface area contributed by atoms with Crippen molar-refractivity contribution in [2.24, 2.45) is 5.10 Å². The fraction of sp³-hybridized carbons (Fsp3) is 0.387. The molecule has 0 amide bonds. The molecular formula is C31H41N5. The second-order valence-electron chi connectivity index (χ2n) is 9.74. The second-order valence-corrected chi connectivity index (χ2v) is 9.74. The van der Waals surface area contributed by atoms with Gasteiger partial charge in [-0.3, -0.25) is 0 Å². The van der Waals surface area contributed by atoms with E-state index in [1.54, 1.807) is 0 Å². The van der Waals surface area contributed by atoms with E-state index in [-0.39, 0.29) is 0 Å². The first-order valence-corrected chi connectivity index (χ1v) is 13.3. The van der Waals surface area contributed by atoms with Crippen LogP contribution in [0.1, 0.15) is 61.2 Å². The lowest BCUT2D eigenvalue weighted by atomic mass is 10.1. The van der Waals surface area contributed by atoms with Crippen LogP contribution in [0.5, 0.6) is 0 Å². The van der Waals surface area contributed by atoms with Crippen LogP contribution in [0, 0.1) is 20.8 Å². The molecule has 0 aliphatic carbocycles. The molecule has 3 heterocycles. The smallest absolute Gasteiger partial charge is 0.0678 e. The minimum atomic E-state index is 0.921. The molecule has 0 spiro atoms. The lowest BCUT2D eigenvalue weighted by molar-refractivity contribution is 0.617. The molecule has 0 unspecified atom stereocenters. The minimum absolute atomic E-state index is 0.921. The Morgan fingerprint density at radius 3 is 2.14 bits per heavy atom. The SMILES string of the molecule is C=C1c2c(c(C)n(-c3cccc(N4CCC4)c3)c2C)C=NN1c1ccc(C)cc1.CCCNCCC. The maximum absolute atomic E-state index is 4.72. The Morgan fingerprint density at radius 1 is 0.861 bits per heavy atom. The van der Waals surface area contributed by atoms with Crippen molar-refractivity contribution in [3.05, 3.63) is 83.2 Å². The van der Waals surface area contributed by atoms with E-state index in [0.717, 1.165) is 30.0 Å². The molecule has 190 valence electrons. The van der Waals surface area contributed by atoms with Crippen LogP contribution >= 0.6 is 0 Å². The van der Waals surface area contributed by atoms with Gasteiger partial charge in [0.2, 0.25) is 0 Å². The van der Waals surface area contributed by atoms with Crippen molar-refractivity contribution >= 4 is 23.3 Å². The highest BCUT2D eigenvalue weighted by Crippen LogP contribution is 2.37. The van der Waals surface area contributed by atoms with Crippen LogP contribution < -0.4 is 15.2 Å². The number of aryl methyl sites for hydroxylation is 1. The molecule has 0 atom stereocenters. The Balaban J connectivity index is 0.000000384. The second kappa shape index (κ2) is 11.6. The third kappa shape index (κ3) is 5.26. The van der Waals surface area contributed by atoms with Crippen molar-refractivity contribution in [1.29, 1.82) is 0 Å². The first-order chi connectivity index (χ1) is 17.5. The number of nitrogens with one attached hydrogen (secondary N) is 1. The van der Waals surface area contributed by atoms with Crippen molar-refractivity contribution in [3.8, 4) is 5.69 Å². The van der Waals surface area contributed by atoms with Gasteiger partial charge in [-0.2, -0.15) is 5.10 Å². The number of rotatable bonds is 7. The van der Waals surface area contributed by atoms with Crippen molar-refractivity contribution in [2.75, 3.05) is 36.1 Å². The zero-order chi connectivity index (χ0) is 25.7. The Morgan fingerprint density at radius 2 is 1.53 bits per heavy atom. The largest absolute Gasteiger partial charge is 0.371 e. The molecule has 1 aromatic heterocycles. The fourth-order valence-corrected chi connectivity index (χ4v) is 4.85. The van der Waals surface area contributed by atoms with Gasteiger partial charge in [0, 0.05) is 47.0 Å². The predicted octanol–water partition coefficient (Wildman–Crippen LogP) is 6.83. The number of hydrazone groups is 1. The highest BCUT2D eigenvalue weighted by Gasteiger charge is 2.26. The summed E-state index contributed by atoms with van der Waals surface area (Å²) in [6.07, 6.45) is 5.76. The first kappa shape index (κ1) is 25.8. The van der Waals surface area contributed by atoms with E-state index in [1.807, 2.05) is 11.2 Å². The molecule has 5 heteroatoms. The highest BCUT2D eigenvalue weighted by atomic mass is 15.5. The maximum atomic E-state index is 4.72. The molecule has 36 heavy (non-hydrogen) atoms. The van der Waals surface area contributed by atoms with Gasteiger partial charge in [0.1, 0.15) is 0 Å². The third-order valence-electron chi connectivity index (χ3n) is 6.98. The van der Waals surface area contributed by atoms with Crippen LogP contribution in [-0.4, -0.2) is 37.0 Å². The van der Waals surface area contributed by atoms with E-state index >= 15 is 0 Å². The van der Waals surface area contributed by atoms with Crippen LogP contribution in [0.25, 0.3) is 11.4 Å². The van der Waals surface area contributed by atoms with E-state index in [2.05, 4.69) is 105 Å². The van der Waals surface area contributed by atoms with Crippen molar-refractivity contribution in [3.63, 3.8) is 0 Å². The van der Waals surface area contributed by atoms with E-state index in [9.17, 15) is 0 Å². The molecule has 2 aliphatic rings. The molecule has 1 N–H and O–H groups in total. The van der Waals surface area contributed by atoms with Gasteiger partial charge in [-0.25, -0.2) is 5.01 Å². The third-order valence-corrected chi connectivity index (χ3v) is 6.98. The molecular weight excluding hydrogens is 442 g/mol. The normalized spacial score (nSPS) is 14.3. The lowest BCUT2D eigenvalue weighted by Gasteiger charge is -2.33. The van der Waals surface area contributed by atoms with Crippen LogP contribution in [-0.2, 0) is 0 Å². The average molecular weight is 484 g/mol. The summed E-state index contributed by atoms with van der Waals surface area (Å²) >= 11 is 0. The Hall–Kier alpha value is -3.31. The number of nitrogens with zero attached hydrogens (tertiary/aromatic N) is 4. The van der Waals surface area contributed by atoms with Gasteiger partial charge in [0.05, 0.1) is 17.6 Å². The van der Waals surface area contributed by atoms with Gasteiger partial charge in [0.25, 0.3) is 0 Å². The predicted molar refractivity (Wildman–Crippen MR) is 156 cm³/mol. The molecule has 2 aromatic carbocycles. The number of fused-ring (bicyclic) bond motifs is 1. The van der Waals surface area contributed by atoms with Crippen LogP contribution in [0.3, 0.4) is 0 Å². The summed E-state index contributed by atoms with van der Waals surface area (Å²) in [6.45, 7) is 19.9. The number of benzene rings is 2. The lowest BCUT2D eigenvalue weighted by Crippen LogP contribution is -2.36. The summed E-state index contributed by atoms with van der Waals surface area (Å²) < 4.78 is 2.34. The molecule has 0 bridgehead atoms. The number of hydrogen-bond acceptors (Lipinski definition) is 4. The zero-order valence-corrected chi connectivity index (χ0v) is 22.6. The van der Waals surface area contributed by atoms with Crippen LogP contribution in [0.2, 0.25) is 0 Å². The van der Waals surface area contributed by atoms with Gasteiger partial charge >= 0.3 is 0 Å². The summed E-state index contributed by atoms with van der Waals surface area (Å²) in [7, 11) is 0. The number of anilines is 2. The monoisotopic (exact) mass is 483 g/mol. The summed E-state index contributed by atoms with van der Waals surface area (Å²) in [5.74, 6) is 0. The molecule has 5 rings (SSSR count). The van der Waals surface area contributed by atoms with Gasteiger partial charge in [-0.15, -0.1) is 0 Å². The van der Waals surface area contributed by atoms with Gasteiger partial charge in [-0.05, 0) is 83.5 Å². The minimum Gasteiger partial charge on any atom is -0.371 e. The summed E-state index contributed by atoms with van der Waals surface area (Å²) in [4.78, 5) is 2.43. The molecule has 5 nitrogen and oxygen atoms in total. The zero-order valence-electron chi connectivity index (χ0n) is 22.6. The van der Waals surface area contributed by atoms with Gasteiger partial charge in [-0.1, -0.05) is 44.2 Å². The van der Waals surface area contributed by atoms with Crippen molar-refractivity contribution in [1.82, 2.24) is 9.88 Å². The molecule has 1 saturated heterocycles. The standard InChI is InChI=1S/C25H26N4.C6H15N/c1-17-9-11-21(12-10-17)29-20(4)25-19(3)28(18(2)24(25)16-26-29)23-8-5-7-22(15-23)27-13-6-14-27;1-3-5-7-6-4-2/h5,7-12,15-16H,4,6,13-14H2,1-3H3;7H,3-6H2,1-2H3. The van der Waals surface area contributed by atoms with Gasteiger partial charge in [0.15, 0.2) is 0 Å². The van der Waals surface area contributed by atoms with Crippen LogP contribution in [0.4, 0.5) is 11.4 Å². The molecule has 1 fully saturated rings. The molecule has 2 aliphatic heterocycles. The Bertz CT molecular complexity index is 1210. The average Bonchev–Trinajstić information content (AvgIpc) is 3.10. The van der Waals surface area contributed by atoms with E-state index < -0.39 is 0 Å². The van der Waals surface area contributed by atoms with Crippen LogP contribution in [0.15, 0.2) is 60.2 Å². The maximum Gasteiger partial charge on any atom is 0.0678 e. The quantitative estimate of drug-likeness (QED) is 0.374. The Kier molecular flexibility index (Phi) is 8.32.